The SMILES string of the molecule is Cc1ccc(CN(Cc2ccccc2)c2ccc(F)[c-]c2F)cc1.Cc1ccc(CN(Cc2ccccc2)c2ccc(F)[c-]c2F)cc1.[Ti+4].c1cc[cH-]c1.c1cc[cH-]c1. The molecule has 0 spiro atoms. The van der Waals surface area contributed by atoms with E-state index >= 15 is 0 Å². The first-order chi connectivity index (χ1) is 28.2. The molecule has 296 valence electrons. The number of anilines is 2. The van der Waals surface area contributed by atoms with E-state index < -0.39 is 23.3 Å². The summed E-state index contributed by atoms with van der Waals surface area (Å²) in [6.45, 7) is 6.19. The van der Waals surface area contributed by atoms with Crippen LogP contribution in [-0.4, -0.2) is 0 Å². The minimum atomic E-state index is -0.689. The second-order valence-corrected chi connectivity index (χ2v) is 13.6. The maximum Gasteiger partial charge on any atom is 4.00 e. The average molecular weight is 823 g/mol. The van der Waals surface area contributed by atoms with Gasteiger partial charge in [-0.25, -0.2) is 41.8 Å². The van der Waals surface area contributed by atoms with Gasteiger partial charge in [-0.1, -0.05) is 120 Å². The molecule has 0 unspecified atom stereocenters. The summed E-state index contributed by atoms with van der Waals surface area (Å²) in [6.07, 6.45) is 0. The van der Waals surface area contributed by atoms with Crippen molar-refractivity contribution in [3.63, 3.8) is 0 Å². The third-order valence-corrected chi connectivity index (χ3v) is 8.90. The summed E-state index contributed by atoms with van der Waals surface area (Å²) < 4.78 is 54.9. The summed E-state index contributed by atoms with van der Waals surface area (Å²) in [5.41, 5.74) is 7.31. The van der Waals surface area contributed by atoms with Crippen LogP contribution in [0.3, 0.4) is 0 Å². The second-order valence-electron chi connectivity index (χ2n) is 13.6. The first-order valence-electron chi connectivity index (χ1n) is 19.0. The van der Waals surface area contributed by atoms with Crippen LogP contribution in [0.25, 0.3) is 0 Å². The molecule has 0 saturated carbocycles. The van der Waals surface area contributed by atoms with E-state index in [1.165, 1.54) is 35.4 Å². The Balaban J connectivity index is 0.000000207. The molecule has 0 N–H and O–H groups in total. The van der Waals surface area contributed by atoms with Crippen LogP contribution in [0.1, 0.15) is 33.4 Å². The number of aryl methyl sites for hydroxylation is 2. The van der Waals surface area contributed by atoms with Gasteiger partial charge in [-0.2, -0.15) is 36.4 Å². The van der Waals surface area contributed by atoms with E-state index in [-0.39, 0.29) is 21.7 Å². The molecule has 0 aliphatic carbocycles. The maximum atomic E-state index is 14.2. The van der Waals surface area contributed by atoms with E-state index in [1.54, 1.807) is 0 Å². The summed E-state index contributed by atoms with van der Waals surface area (Å²) in [6, 6.07) is 65.6. The van der Waals surface area contributed by atoms with E-state index in [4.69, 9.17) is 0 Å². The Morgan fingerprint density at radius 1 is 0.390 bits per heavy atom. The normalized spacial score (nSPS) is 10.0. The molecule has 0 aliphatic heterocycles. The van der Waals surface area contributed by atoms with Crippen LogP contribution in [0.2, 0.25) is 0 Å². The zero-order valence-corrected chi connectivity index (χ0v) is 34.8. The molecule has 0 amide bonds. The molecule has 0 aliphatic rings. The first-order valence-corrected chi connectivity index (χ1v) is 19.0. The van der Waals surface area contributed by atoms with Crippen LogP contribution in [0.4, 0.5) is 28.9 Å². The summed E-state index contributed by atoms with van der Waals surface area (Å²) in [5.74, 6) is -2.71. The van der Waals surface area contributed by atoms with Crippen LogP contribution in [0, 0.1) is 49.2 Å². The van der Waals surface area contributed by atoms with Gasteiger partial charge in [0, 0.05) is 49.4 Å². The molecule has 0 heterocycles. The summed E-state index contributed by atoms with van der Waals surface area (Å²) in [4.78, 5) is 3.79. The molecule has 0 saturated heterocycles. The van der Waals surface area contributed by atoms with Gasteiger partial charge in [-0.05, 0) is 47.5 Å². The van der Waals surface area contributed by atoms with Gasteiger partial charge in [0.1, 0.15) is 0 Å². The Bertz CT molecular complexity index is 2090. The molecule has 8 aromatic carbocycles. The van der Waals surface area contributed by atoms with E-state index in [0.717, 1.165) is 22.3 Å². The quantitative estimate of drug-likeness (QED) is 0.0770. The van der Waals surface area contributed by atoms with Crippen molar-refractivity contribution >= 4 is 11.4 Å². The summed E-state index contributed by atoms with van der Waals surface area (Å²) >= 11 is 0. The molecule has 7 heteroatoms. The predicted molar refractivity (Wildman–Crippen MR) is 229 cm³/mol. The Hall–Kier alpha value is -5.95. The number of hydrogen-bond acceptors (Lipinski definition) is 2. The Kier molecular flexibility index (Phi) is 19.2. The van der Waals surface area contributed by atoms with Crippen LogP contribution < -0.4 is 9.80 Å². The van der Waals surface area contributed by atoms with Gasteiger partial charge in [0.05, 0.1) is 0 Å². The Morgan fingerprint density at radius 2 is 0.695 bits per heavy atom. The zero-order chi connectivity index (χ0) is 41.0. The molecule has 0 fully saturated rings. The van der Waals surface area contributed by atoms with Gasteiger partial charge in [0.15, 0.2) is 0 Å². The number of nitrogens with zero attached hydrogens (tertiary/aromatic N) is 2. The fourth-order valence-corrected chi connectivity index (χ4v) is 5.89. The van der Waals surface area contributed by atoms with Crippen LogP contribution in [-0.2, 0) is 47.9 Å². The van der Waals surface area contributed by atoms with Crippen molar-refractivity contribution in [1.82, 2.24) is 0 Å². The number of hydrogen-bond donors (Lipinski definition) is 0. The molecule has 2 nitrogen and oxygen atoms in total. The van der Waals surface area contributed by atoms with Crippen molar-refractivity contribution in [2.24, 2.45) is 0 Å². The molecular weight excluding hydrogens is 776 g/mol. The molecule has 8 aromatic rings. The monoisotopic (exact) mass is 822 g/mol. The fourth-order valence-electron chi connectivity index (χ4n) is 5.89. The molecule has 8 rings (SSSR count). The van der Waals surface area contributed by atoms with E-state index in [2.05, 4.69) is 12.1 Å². The van der Waals surface area contributed by atoms with E-state index in [1.807, 2.05) is 194 Å². The third kappa shape index (κ3) is 16.1. The van der Waals surface area contributed by atoms with Gasteiger partial charge >= 0.3 is 21.7 Å². The van der Waals surface area contributed by atoms with Crippen molar-refractivity contribution in [1.29, 1.82) is 0 Å². The molecule has 0 radical (unpaired) electrons. The topological polar surface area (TPSA) is 6.48 Å². The number of halogens is 4. The summed E-state index contributed by atoms with van der Waals surface area (Å²) in [5, 5.41) is 0. The number of rotatable bonds is 10. The van der Waals surface area contributed by atoms with Crippen molar-refractivity contribution in [2.45, 2.75) is 40.0 Å². The van der Waals surface area contributed by atoms with Gasteiger partial charge in [-0.15, -0.1) is 36.4 Å². The van der Waals surface area contributed by atoms with Crippen molar-refractivity contribution in [3.05, 3.63) is 263 Å². The van der Waals surface area contributed by atoms with E-state index in [9.17, 15) is 17.6 Å². The van der Waals surface area contributed by atoms with E-state index in [0.29, 0.717) is 37.6 Å². The van der Waals surface area contributed by atoms with Gasteiger partial charge in [0.2, 0.25) is 0 Å². The van der Waals surface area contributed by atoms with Gasteiger partial charge in [0.25, 0.3) is 0 Å². The van der Waals surface area contributed by atoms with Crippen molar-refractivity contribution in [3.8, 4) is 0 Å². The minimum Gasteiger partial charge on any atom is -0.413 e. The molecule has 0 aromatic heterocycles. The maximum absolute atomic E-state index is 14.2. The molecule has 0 bridgehead atoms. The van der Waals surface area contributed by atoms with Crippen LogP contribution in [0.5, 0.6) is 0 Å². The van der Waals surface area contributed by atoms with Crippen molar-refractivity contribution in [2.75, 3.05) is 9.80 Å². The van der Waals surface area contributed by atoms with Crippen LogP contribution >= 0.6 is 0 Å². The Morgan fingerprint density at radius 3 is 0.966 bits per heavy atom. The second kappa shape index (κ2) is 24.7. The minimum absolute atomic E-state index is 0. The third-order valence-electron chi connectivity index (χ3n) is 8.90. The van der Waals surface area contributed by atoms with Crippen molar-refractivity contribution < 1.29 is 39.3 Å². The first kappa shape index (κ1) is 45.8. The smallest absolute Gasteiger partial charge is 0.413 e. The van der Waals surface area contributed by atoms with Gasteiger partial charge < -0.3 is 9.80 Å². The summed E-state index contributed by atoms with van der Waals surface area (Å²) in [7, 11) is 0. The standard InChI is InChI=1S/2C21H18F2N.2C5H5.Ti/c2*1-16-7-9-18(10-8-16)15-24(14-17-5-3-2-4-6-17)21-12-11-19(22)13-20(21)23;2*1-2-4-5-3-1;/h2*2-12H,14-15H2,1H3;2*1-5H;/q4*-1;+4. The Labute approximate surface area is 361 Å². The molecular formula is C52H46F4N2Ti. The fraction of sp³-hybridized carbons (Fsp3) is 0.115. The largest absolute Gasteiger partial charge is 4.00 e. The zero-order valence-electron chi connectivity index (χ0n) is 33.2. The average Bonchev–Trinajstić information content (AvgIpc) is 4.02. The van der Waals surface area contributed by atoms with Crippen LogP contribution in [0.15, 0.2) is 194 Å². The predicted octanol–water partition coefficient (Wildman–Crippen LogP) is 13.4. The number of benzene rings is 6. The molecule has 59 heavy (non-hydrogen) atoms. The molecule has 0 atom stereocenters. The van der Waals surface area contributed by atoms with Gasteiger partial charge in [-0.3, -0.25) is 0 Å².